The summed E-state index contributed by atoms with van der Waals surface area (Å²) in [6.07, 6.45) is 10.0. The Morgan fingerprint density at radius 2 is 2.28 bits per heavy atom. The van der Waals surface area contributed by atoms with Crippen LogP contribution >= 0.6 is 0 Å². The highest BCUT2D eigenvalue weighted by atomic mass is 16.2. The number of carbonyl (C=O) groups excluding carboxylic acids is 1. The number of hydrogen-bond acceptors (Lipinski definition) is 4. The van der Waals surface area contributed by atoms with Gasteiger partial charge in [-0.25, -0.2) is 0 Å². The van der Waals surface area contributed by atoms with Crippen LogP contribution < -0.4 is 5.32 Å². The highest BCUT2D eigenvalue weighted by Gasteiger charge is 2.25. The fourth-order valence-corrected chi connectivity index (χ4v) is 3.40. The van der Waals surface area contributed by atoms with Gasteiger partial charge in [0.25, 0.3) is 0 Å². The predicted octanol–water partition coefficient (Wildman–Crippen LogP) is 1.92. The molecule has 3 rings (SSSR count). The van der Waals surface area contributed by atoms with Crippen molar-refractivity contribution in [2.24, 2.45) is 7.05 Å². The van der Waals surface area contributed by atoms with Crippen LogP contribution in [0.4, 0.5) is 0 Å². The zero-order chi connectivity index (χ0) is 17.5. The Bertz CT molecular complexity index is 661. The molecular formula is C19H27N5O. The van der Waals surface area contributed by atoms with Crippen LogP contribution in [-0.4, -0.2) is 44.7 Å². The highest BCUT2D eigenvalue weighted by molar-refractivity contribution is 5.76. The lowest BCUT2D eigenvalue weighted by atomic mass is 10.1. The Labute approximate surface area is 149 Å². The molecule has 6 nitrogen and oxygen atoms in total. The normalized spacial score (nSPS) is 17.9. The van der Waals surface area contributed by atoms with Crippen LogP contribution in [0, 0.1) is 0 Å². The van der Waals surface area contributed by atoms with E-state index in [1.807, 2.05) is 42.5 Å². The van der Waals surface area contributed by atoms with Gasteiger partial charge in [-0.15, -0.1) is 0 Å². The van der Waals surface area contributed by atoms with Gasteiger partial charge in [0.2, 0.25) is 5.91 Å². The fraction of sp³-hybridized carbons (Fsp3) is 0.526. The zero-order valence-electron chi connectivity index (χ0n) is 14.9. The van der Waals surface area contributed by atoms with Gasteiger partial charge >= 0.3 is 0 Å². The third-order valence-corrected chi connectivity index (χ3v) is 4.75. The number of aryl methyl sites for hydroxylation is 2. The van der Waals surface area contributed by atoms with E-state index in [1.165, 1.54) is 0 Å². The largest absolute Gasteiger partial charge is 0.334 e. The lowest BCUT2D eigenvalue weighted by molar-refractivity contribution is -0.134. The third-order valence-electron chi connectivity index (χ3n) is 4.75. The molecule has 0 aliphatic carbocycles. The Morgan fingerprint density at radius 3 is 3.04 bits per heavy atom. The summed E-state index contributed by atoms with van der Waals surface area (Å²) < 4.78 is 1.78. The second-order valence-electron chi connectivity index (χ2n) is 6.70. The molecule has 0 radical (unpaired) electrons. The van der Waals surface area contributed by atoms with Crippen molar-refractivity contribution in [1.29, 1.82) is 0 Å². The first-order chi connectivity index (χ1) is 12.2. The van der Waals surface area contributed by atoms with Crippen LogP contribution in [-0.2, 0) is 24.8 Å². The summed E-state index contributed by atoms with van der Waals surface area (Å²) in [5.41, 5.74) is 2.06. The lowest BCUT2D eigenvalue weighted by Crippen LogP contribution is -2.40. The SMILES string of the molecule is Cn1cc(CCC(=O)N(Cc2ccccn2)C2CCCNCC2)cn1. The number of rotatable bonds is 6. The topological polar surface area (TPSA) is 63.1 Å². The van der Waals surface area contributed by atoms with Gasteiger partial charge in [-0.1, -0.05) is 6.07 Å². The van der Waals surface area contributed by atoms with E-state index in [2.05, 4.69) is 15.4 Å². The Kier molecular flexibility index (Phi) is 6.17. The Morgan fingerprint density at radius 1 is 1.36 bits per heavy atom. The Hall–Kier alpha value is -2.21. The molecule has 1 atom stereocenters. The third kappa shape index (κ3) is 5.13. The smallest absolute Gasteiger partial charge is 0.223 e. The van der Waals surface area contributed by atoms with Gasteiger partial charge in [0.15, 0.2) is 0 Å². The second-order valence-corrected chi connectivity index (χ2v) is 6.70. The van der Waals surface area contributed by atoms with Crippen LogP contribution in [0.15, 0.2) is 36.8 Å². The minimum absolute atomic E-state index is 0.210. The molecule has 25 heavy (non-hydrogen) atoms. The van der Waals surface area contributed by atoms with Crippen LogP contribution in [0.2, 0.25) is 0 Å². The van der Waals surface area contributed by atoms with Crippen molar-refractivity contribution < 1.29 is 4.79 Å². The average molecular weight is 341 g/mol. The summed E-state index contributed by atoms with van der Waals surface area (Å²) in [4.78, 5) is 19.5. The van der Waals surface area contributed by atoms with E-state index in [4.69, 9.17) is 0 Å². The number of nitrogens with one attached hydrogen (secondary N) is 1. The Balaban J connectivity index is 1.68. The number of pyridine rings is 1. The summed E-state index contributed by atoms with van der Waals surface area (Å²) in [5, 5.41) is 7.61. The number of aromatic nitrogens is 3. The van der Waals surface area contributed by atoms with Gasteiger partial charge in [-0.05, 0) is 56.5 Å². The van der Waals surface area contributed by atoms with Gasteiger partial charge in [0.1, 0.15) is 0 Å². The first kappa shape index (κ1) is 17.6. The van der Waals surface area contributed by atoms with Crippen molar-refractivity contribution in [1.82, 2.24) is 25.0 Å². The van der Waals surface area contributed by atoms with E-state index in [0.717, 1.165) is 50.0 Å². The quantitative estimate of drug-likeness (QED) is 0.872. The molecule has 1 unspecified atom stereocenters. The summed E-state index contributed by atoms with van der Waals surface area (Å²) in [7, 11) is 1.90. The van der Waals surface area contributed by atoms with Gasteiger partial charge in [-0.3, -0.25) is 14.5 Å². The molecule has 1 aliphatic heterocycles. The monoisotopic (exact) mass is 341 g/mol. The second kappa shape index (κ2) is 8.76. The number of carbonyl (C=O) groups is 1. The molecule has 1 saturated heterocycles. The van der Waals surface area contributed by atoms with E-state index < -0.39 is 0 Å². The van der Waals surface area contributed by atoms with Crippen LogP contribution in [0.1, 0.15) is 36.9 Å². The molecule has 0 bridgehead atoms. The maximum absolute atomic E-state index is 13.0. The molecule has 0 aromatic carbocycles. The zero-order valence-corrected chi connectivity index (χ0v) is 14.9. The number of amides is 1. The molecule has 1 aliphatic rings. The molecule has 6 heteroatoms. The lowest BCUT2D eigenvalue weighted by Gasteiger charge is -2.31. The molecule has 3 heterocycles. The molecular weight excluding hydrogens is 314 g/mol. The van der Waals surface area contributed by atoms with E-state index in [0.29, 0.717) is 19.0 Å². The predicted molar refractivity (Wildman–Crippen MR) is 96.8 cm³/mol. The van der Waals surface area contributed by atoms with Crippen LogP contribution in [0.3, 0.4) is 0 Å². The molecule has 2 aromatic rings. The molecule has 0 spiro atoms. The fourth-order valence-electron chi connectivity index (χ4n) is 3.40. The highest BCUT2D eigenvalue weighted by Crippen LogP contribution is 2.18. The molecule has 1 amide bonds. The average Bonchev–Trinajstić information content (AvgIpc) is 2.87. The number of nitrogens with zero attached hydrogens (tertiary/aromatic N) is 4. The van der Waals surface area contributed by atoms with E-state index in [9.17, 15) is 4.79 Å². The van der Waals surface area contributed by atoms with Gasteiger partial charge in [0, 0.05) is 31.9 Å². The van der Waals surface area contributed by atoms with Crippen molar-refractivity contribution in [2.75, 3.05) is 13.1 Å². The van der Waals surface area contributed by atoms with E-state index in [-0.39, 0.29) is 5.91 Å². The van der Waals surface area contributed by atoms with Crippen molar-refractivity contribution in [3.8, 4) is 0 Å². The van der Waals surface area contributed by atoms with Crippen molar-refractivity contribution >= 4 is 5.91 Å². The molecule has 1 N–H and O–H groups in total. The minimum Gasteiger partial charge on any atom is -0.334 e. The number of hydrogen-bond donors (Lipinski definition) is 1. The van der Waals surface area contributed by atoms with E-state index in [1.54, 1.807) is 10.9 Å². The maximum Gasteiger partial charge on any atom is 0.223 e. The van der Waals surface area contributed by atoms with Crippen molar-refractivity contribution in [3.63, 3.8) is 0 Å². The summed E-state index contributed by atoms with van der Waals surface area (Å²) in [6, 6.07) is 6.18. The van der Waals surface area contributed by atoms with Crippen LogP contribution in [0.25, 0.3) is 0 Å². The minimum atomic E-state index is 0.210. The van der Waals surface area contributed by atoms with Gasteiger partial charge in [0.05, 0.1) is 18.4 Å². The summed E-state index contributed by atoms with van der Waals surface area (Å²) in [6.45, 7) is 2.61. The molecule has 1 fully saturated rings. The van der Waals surface area contributed by atoms with Gasteiger partial charge in [-0.2, -0.15) is 5.10 Å². The molecule has 2 aromatic heterocycles. The molecule has 0 saturated carbocycles. The van der Waals surface area contributed by atoms with Crippen molar-refractivity contribution in [2.45, 2.75) is 44.7 Å². The van der Waals surface area contributed by atoms with Gasteiger partial charge < -0.3 is 10.2 Å². The standard InChI is InChI=1S/C19H27N5O/c1-23-14-16(13-22-23)7-8-19(25)24(15-17-5-2-3-11-21-17)18-6-4-10-20-12-9-18/h2-3,5,11,13-14,18,20H,4,6-10,12,15H2,1H3. The van der Waals surface area contributed by atoms with Crippen molar-refractivity contribution in [3.05, 3.63) is 48.0 Å². The molecule has 134 valence electrons. The maximum atomic E-state index is 13.0. The summed E-state index contributed by atoms with van der Waals surface area (Å²) in [5.74, 6) is 0.210. The van der Waals surface area contributed by atoms with E-state index >= 15 is 0 Å². The summed E-state index contributed by atoms with van der Waals surface area (Å²) >= 11 is 0. The first-order valence-electron chi connectivity index (χ1n) is 9.10. The first-order valence-corrected chi connectivity index (χ1v) is 9.10. The van der Waals surface area contributed by atoms with Crippen LogP contribution in [0.5, 0.6) is 0 Å².